The number of benzene rings is 3. The number of nitrogens with zero attached hydrogens (tertiary/aromatic N) is 1. The number of aryl methyl sites for hydroxylation is 1. The second kappa shape index (κ2) is 7.42. The van der Waals surface area contributed by atoms with E-state index in [2.05, 4.69) is 18.0 Å². The van der Waals surface area contributed by atoms with Crippen molar-refractivity contribution < 1.29 is 4.79 Å². The van der Waals surface area contributed by atoms with Crippen molar-refractivity contribution in [1.82, 2.24) is 9.97 Å². The van der Waals surface area contributed by atoms with Crippen LogP contribution in [0.1, 0.15) is 21.6 Å². The molecule has 0 saturated carbocycles. The van der Waals surface area contributed by atoms with Gasteiger partial charge in [0.1, 0.15) is 5.82 Å². The molecule has 4 rings (SSSR count). The van der Waals surface area contributed by atoms with Gasteiger partial charge in [-0.25, -0.2) is 4.98 Å². The fraction of sp³-hybridized carbons (Fsp3) is 0.0833. The summed E-state index contributed by atoms with van der Waals surface area (Å²) in [7, 11) is 0. The molecule has 0 radical (unpaired) electrons. The summed E-state index contributed by atoms with van der Waals surface area (Å²) in [4.78, 5) is 21.0. The second-order valence-electron chi connectivity index (χ2n) is 6.56. The van der Waals surface area contributed by atoms with Crippen molar-refractivity contribution in [3.8, 4) is 22.6 Å². The molecule has 1 N–H and O–H groups in total. The van der Waals surface area contributed by atoms with E-state index in [1.165, 1.54) is 0 Å². The number of imidazole rings is 1. The Kier molecular flexibility index (Phi) is 4.67. The highest BCUT2D eigenvalue weighted by atomic mass is 16.1. The zero-order chi connectivity index (χ0) is 18.6. The van der Waals surface area contributed by atoms with E-state index >= 15 is 0 Å². The molecule has 0 atom stereocenters. The topological polar surface area (TPSA) is 45.8 Å². The summed E-state index contributed by atoms with van der Waals surface area (Å²) in [5.74, 6) is 0.871. The first-order valence-electron chi connectivity index (χ1n) is 9.01. The van der Waals surface area contributed by atoms with Gasteiger partial charge in [-0.2, -0.15) is 0 Å². The minimum Gasteiger partial charge on any atom is -0.341 e. The molecule has 3 nitrogen and oxygen atoms in total. The number of nitrogens with one attached hydrogen (secondary N) is 1. The number of Topliss-reactive ketones (excluding diaryl/α,β-unsaturated/α-hetero) is 1. The van der Waals surface area contributed by atoms with E-state index in [1.54, 1.807) is 0 Å². The molecule has 0 unspecified atom stereocenters. The van der Waals surface area contributed by atoms with Crippen LogP contribution >= 0.6 is 0 Å². The average molecular weight is 352 g/mol. The smallest absolute Gasteiger partial charge is 0.168 e. The Morgan fingerprint density at radius 2 is 1.48 bits per heavy atom. The van der Waals surface area contributed by atoms with Gasteiger partial charge in [0, 0.05) is 16.7 Å². The van der Waals surface area contributed by atoms with Crippen molar-refractivity contribution >= 4 is 5.78 Å². The first-order valence-corrected chi connectivity index (χ1v) is 9.01. The zero-order valence-corrected chi connectivity index (χ0v) is 15.1. The number of H-pyrrole nitrogens is 1. The van der Waals surface area contributed by atoms with Crippen LogP contribution in [0, 0.1) is 6.92 Å². The molecule has 27 heavy (non-hydrogen) atoms. The van der Waals surface area contributed by atoms with Gasteiger partial charge in [-0.05, 0) is 12.5 Å². The molecule has 0 bridgehead atoms. The average Bonchev–Trinajstić information content (AvgIpc) is 3.13. The molecule has 0 saturated heterocycles. The molecule has 0 fully saturated rings. The number of aromatic amines is 1. The van der Waals surface area contributed by atoms with E-state index in [1.807, 2.05) is 78.9 Å². The first kappa shape index (κ1) is 17.0. The Balaban J connectivity index is 1.77. The van der Waals surface area contributed by atoms with Crippen LogP contribution in [0.25, 0.3) is 22.6 Å². The van der Waals surface area contributed by atoms with Crippen molar-refractivity contribution in [2.75, 3.05) is 0 Å². The van der Waals surface area contributed by atoms with E-state index in [0.717, 1.165) is 33.9 Å². The highest BCUT2D eigenvalue weighted by Gasteiger charge is 2.17. The van der Waals surface area contributed by atoms with Gasteiger partial charge in [-0.3, -0.25) is 4.79 Å². The lowest BCUT2D eigenvalue weighted by atomic mass is 10.0. The lowest BCUT2D eigenvalue weighted by molar-refractivity contribution is 0.0992. The molecule has 0 amide bonds. The van der Waals surface area contributed by atoms with E-state index in [4.69, 9.17) is 4.98 Å². The highest BCUT2D eigenvalue weighted by molar-refractivity contribution is 5.98. The molecule has 3 heteroatoms. The first-order chi connectivity index (χ1) is 13.2. The maximum atomic E-state index is 12.8. The Morgan fingerprint density at radius 1 is 0.852 bits per heavy atom. The molecular formula is C24H20N2O. The van der Waals surface area contributed by atoms with Gasteiger partial charge in [0.25, 0.3) is 0 Å². The summed E-state index contributed by atoms with van der Waals surface area (Å²) in [6, 6.07) is 27.5. The molecule has 1 heterocycles. The van der Waals surface area contributed by atoms with Crippen LogP contribution in [0.3, 0.4) is 0 Å². The van der Waals surface area contributed by atoms with E-state index in [0.29, 0.717) is 5.56 Å². The van der Waals surface area contributed by atoms with Gasteiger partial charge >= 0.3 is 0 Å². The maximum absolute atomic E-state index is 12.8. The van der Waals surface area contributed by atoms with Crippen LogP contribution < -0.4 is 0 Å². The summed E-state index contributed by atoms with van der Waals surface area (Å²) < 4.78 is 0. The Bertz CT molecular complexity index is 1070. The minimum atomic E-state index is 0.0766. The number of carbonyl (C=O) groups is 1. The van der Waals surface area contributed by atoms with Gasteiger partial charge in [0.05, 0.1) is 17.8 Å². The Labute approximate surface area is 158 Å². The molecule has 4 aromatic rings. The minimum absolute atomic E-state index is 0.0766. The largest absolute Gasteiger partial charge is 0.341 e. The number of hydrogen-bond donors (Lipinski definition) is 1. The number of rotatable bonds is 5. The standard InChI is InChI=1S/C24H20N2O/c1-17-10-8-9-15-20(17)24-25-21(16-22(27)18-11-4-2-5-12-18)23(26-24)19-13-6-3-7-14-19/h2-15H,16H2,1H3,(H,25,26). The molecular weight excluding hydrogens is 332 g/mol. The molecule has 3 aromatic carbocycles. The van der Waals surface area contributed by atoms with Crippen molar-refractivity contribution in [2.24, 2.45) is 0 Å². The summed E-state index contributed by atoms with van der Waals surface area (Å²) in [6.45, 7) is 2.06. The maximum Gasteiger partial charge on any atom is 0.168 e. The summed E-state index contributed by atoms with van der Waals surface area (Å²) >= 11 is 0. The summed E-state index contributed by atoms with van der Waals surface area (Å²) in [5, 5.41) is 0. The third kappa shape index (κ3) is 3.58. The van der Waals surface area contributed by atoms with Gasteiger partial charge < -0.3 is 4.98 Å². The molecule has 0 aliphatic rings. The monoisotopic (exact) mass is 352 g/mol. The van der Waals surface area contributed by atoms with Crippen LogP contribution in [-0.2, 0) is 6.42 Å². The van der Waals surface area contributed by atoms with Gasteiger partial charge in [-0.1, -0.05) is 84.9 Å². The Morgan fingerprint density at radius 3 is 2.19 bits per heavy atom. The number of ketones is 1. The van der Waals surface area contributed by atoms with Crippen molar-refractivity contribution in [1.29, 1.82) is 0 Å². The predicted octanol–water partition coefficient (Wildman–Crippen LogP) is 5.48. The number of aromatic nitrogens is 2. The quantitative estimate of drug-likeness (QED) is 0.484. The lowest BCUT2D eigenvalue weighted by Gasteiger charge is -2.03. The number of carbonyl (C=O) groups excluding carboxylic acids is 1. The molecule has 1 aromatic heterocycles. The van der Waals surface area contributed by atoms with Gasteiger partial charge in [0.15, 0.2) is 5.78 Å². The van der Waals surface area contributed by atoms with Crippen LogP contribution in [0.5, 0.6) is 0 Å². The third-order valence-electron chi connectivity index (χ3n) is 4.66. The molecule has 0 aliphatic heterocycles. The molecule has 132 valence electrons. The SMILES string of the molecule is Cc1ccccc1-c1nc(-c2ccccc2)c(CC(=O)c2ccccc2)[nH]1. The number of hydrogen-bond acceptors (Lipinski definition) is 2. The fourth-order valence-electron chi connectivity index (χ4n) is 3.22. The van der Waals surface area contributed by atoms with Crippen LogP contribution in [-0.4, -0.2) is 15.8 Å². The van der Waals surface area contributed by atoms with E-state index in [9.17, 15) is 4.79 Å². The van der Waals surface area contributed by atoms with Crippen LogP contribution in [0.4, 0.5) is 0 Å². The third-order valence-corrected chi connectivity index (χ3v) is 4.66. The fourth-order valence-corrected chi connectivity index (χ4v) is 3.22. The predicted molar refractivity (Wildman–Crippen MR) is 109 cm³/mol. The lowest BCUT2D eigenvalue weighted by Crippen LogP contribution is -2.04. The highest BCUT2D eigenvalue weighted by Crippen LogP contribution is 2.28. The van der Waals surface area contributed by atoms with Crippen molar-refractivity contribution in [3.63, 3.8) is 0 Å². The second-order valence-corrected chi connectivity index (χ2v) is 6.56. The normalized spacial score (nSPS) is 10.7. The van der Waals surface area contributed by atoms with Crippen LogP contribution in [0.15, 0.2) is 84.9 Å². The van der Waals surface area contributed by atoms with Gasteiger partial charge in [0.2, 0.25) is 0 Å². The Hall–Kier alpha value is -3.46. The van der Waals surface area contributed by atoms with Gasteiger partial charge in [-0.15, -0.1) is 0 Å². The zero-order valence-electron chi connectivity index (χ0n) is 15.1. The van der Waals surface area contributed by atoms with Crippen molar-refractivity contribution in [3.05, 3.63) is 102 Å². The molecule has 0 aliphatic carbocycles. The van der Waals surface area contributed by atoms with Crippen LogP contribution in [0.2, 0.25) is 0 Å². The molecule has 0 spiro atoms. The summed E-state index contributed by atoms with van der Waals surface area (Å²) in [6.07, 6.45) is 0.285. The summed E-state index contributed by atoms with van der Waals surface area (Å²) in [5.41, 5.74) is 5.58. The van der Waals surface area contributed by atoms with E-state index in [-0.39, 0.29) is 12.2 Å². The van der Waals surface area contributed by atoms with E-state index < -0.39 is 0 Å². The van der Waals surface area contributed by atoms with Crippen molar-refractivity contribution in [2.45, 2.75) is 13.3 Å².